The van der Waals surface area contributed by atoms with Gasteiger partial charge in [-0.1, -0.05) is 6.07 Å². The van der Waals surface area contributed by atoms with Gasteiger partial charge in [0.05, 0.1) is 18.8 Å². The molecule has 15 heavy (non-hydrogen) atoms. The monoisotopic (exact) mass is 226 g/mol. The molecule has 0 spiro atoms. The molecule has 0 amide bonds. The molecule has 4 heteroatoms. The molecule has 0 heterocycles. The quantitative estimate of drug-likeness (QED) is 0.630. The molecule has 0 radical (unpaired) electrons. The lowest BCUT2D eigenvalue weighted by atomic mass is 10.1. The average Bonchev–Trinajstić information content (AvgIpc) is 2.28. The molecule has 0 aliphatic carbocycles. The maximum absolute atomic E-state index is 11.5. The highest BCUT2D eigenvalue weighted by Gasteiger charge is 2.12. The van der Waals surface area contributed by atoms with E-state index in [9.17, 15) is 4.79 Å². The molecule has 0 bridgehead atoms. The molecule has 0 saturated carbocycles. The van der Waals surface area contributed by atoms with Gasteiger partial charge in [-0.3, -0.25) is 0 Å². The summed E-state index contributed by atoms with van der Waals surface area (Å²) in [5.74, 6) is -0.377. The van der Waals surface area contributed by atoms with Crippen LogP contribution >= 0.6 is 11.8 Å². The molecule has 0 saturated heterocycles. The summed E-state index contributed by atoms with van der Waals surface area (Å²) in [5.41, 5.74) is 1.05. The van der Waals surface area contributed by atoms with Crippen LogP contribution in [0.5, 0.6) is 0 Å². The zero-order chi connectivity index (χ0) is 11.3. The van der Waals surface area contributed by atoms with Crippen molar-refractivity contribution in [1.82, 2.24) is 0 Å². The number of benzene rings is 1. The highest BCUT2D eigenvalue weighted by molar-refractivity contribution is 7.98. The first-order valence-electron chi connectivity index (χ1n) is 4.67. The summed E-state index contributed by atoms with van der Waals surface area (Å²) < 4.78 is 4.91. The zero-order valence-corrected chi connectivity index (χ0v) is 9.63. The van der Waals surface area contributed by atoms with Crippen molar-refractivity contribution in [2.75, 3.05) is 12.9 Å². The summed E-state index contributed by atoms with van der Waals surface area (Å²) in [7, 11) is 0. The van der Waals surface area contributed by atoms with Crippen LogP contribution in [-0.4, -0.2) is 23.9 Å². The normalized spacial score (nSPS) is 10.1. The van der Waals surface area contributed by atoms with Crippen molar-refractivity contribution in [2.24, 2.45) is 0 Å². The molecular weight excluding hydrogens is 212 g/mol. The first-order chi connectivity index (χ1) is 7.22. The summed E-state index contributed by atoms with van der Waals surface area (Å²) in [5, 5.41) is 9.08. The van der Waals surface area contributed by atoms with Crippen LogP contribution in [0.15, 0.2) is 23.1 Å². The number of carbonyl (C=O) groups is 1. The predicted molar refractivity (Wildman–Crippen MR) is 60.1 cm³/mol. The average molecular weight is 226 g/mol. The van der Waals surface area contributed by atoms with Crippen molar-refractivity contribution in [3.63, 3.8) is 0 Å². The van der Waals surface area contributed by atoms with Crippen molar-refractivity contribution in [3.05, 3.63) is 29.3 Å². The molecule has 0 atom stereocenters. The van der Waals surface area contributed by atoms with Crippen LogP contribution < -0.4 is 0 Å². The third kappa shape index (κ3) is 2.97. The Hall–Kier alpha value is -1.00. The first-order valence-corrected chi connectivity index (χ1v) is 5.90. The minimum Gasteiger partial charge on any atom is -0.462 e. The number of aliphatic hydroxyl groups excluding tert-OH is 1. The van der Waals surface area contributed by atoms with Crippen LogP contribution in [0.3, 0.4) is 0 Å². The van der Waals surface area contributed by atoms with Crippen molar-refractivity contribution in [2.45, 2.75) is 18.4 Å². The Balaban J connectivity index is 3.05. The Kier molecular flexibility index (Phi) is 4.65. The summed E-state index contributed by atoms with van der Waals surface area (Å²) in [6.45, 7) is 1.95. The summed E-state index contributed by atoms with van der Waals surface area (Å²) in [6, 6.07) is 5.37. The highest BCUT2D eigenvalue weighted by Crippen LogP contribution is 2.20. The van der Waals surface area contributed by atoms with E-state index in [0.29, 0.717) is 17.7 Å². The van der Waals surface area contributed by atoms with Crippen molar-refractivity contribution in [3.8, 4) is 0 Å². The maximum atomic E-state index is 11.5. The van der Waals surface area contributed by atoms with E-state index in [-0.39, 0.29) is 12.6 Å². The smallest absolute Gasteiger partial charge is 0.338 e. The topological polar surface area (TPSA) is 46.5 Å². The Labute approximate surface area is 93.4 Å². The predicted octanol–water partition coefficient (Wildman–Crippen LogP) is 2.08. The third-order valence-electron chi connectivity index (χ3n) is 1.98. The molecule has 0 unspecified atom stereocenters. The summed E-state index contributed by atoms with van der Waals surface area (Å²) >= 11 is 1.55. The molecule has 0 aromatic heterocycles. The van der Waals surface area contributed by atoms with Gasteiger partial charge in [-0.2, -0.15) is 0 Å². The third-order valence-corrected chi connectivity index (χ3v) is 2.71. The van der Waals surface area contributed by atoms with Crippen molar-refractivity contribution in [1.29, 1.82) is 0 Å². The second-order valence-electron chi connectivity index (χ2n) is 2.90. The highest BCUT2D eigenvalue weighted by atomic mass is 32.2. The standard InChI is InChI=1S/C11H14O3S/c1-3-14-11(13)10-6-9(15-2)5-4-8(10)7-12/h4-6,12H,3,7H2,1-2H3. The van der Waals surface area contributed by atoms with E-state index in [1.165, 1.54) is 0 Å². The lowest BCUT2D eigenvalue weighted by Gasteiger charge is -2.08. The van der Waals surface area contributed by atoms with E-state index in [1.54, 1.807) is 30.8 Å². The van der Waals surface area contributed by atoms with E-state index in [4.69, 9.17) is 9.84 Å². The number of hydrogen-bond donors (Lipinski definition) is 1. The van der Waals surface area contributed by atoms with Crippen LogP contribution in [0.4, 0.5) is 0 Å². The van der Waals surface area contributed by atoms with Crippen molar-refractivity contribution < 1.29 is 14.6 Å². The minimum atomic E-state index is -0.377. The van der Waals surface area contributed by atoms with Gasteiger partial charge in [0.2, 0.25) is 0 Å². The van der Waals surface area contributed by atoms with Crippen LogP contribution in [0.25, 0.3) is 0 Å². The largest absolute Gasteiger partial charge is 0.462 e. The molecule has 1 N–H and O–H groups in total. The fourth-order valence-electron chi connectivity index (χ4n) is 1.22. The van der Waals surface area contributed by atoms with E-state index in [2.05, 4.69) is 0 Å². The molecule has 1 aromatic rings. The lowest BCUT2D eigenvalue weighted by molar-refractivity contribution is 0.0522. The molecule has 0 aliphatic rings. The van der Waals surface area contributed by atoms with Gasteiger partial charge in [0, 0.05) is 4.90 Å². The Morgan fingerprint density at radius 2 is 2.27 bits per heavy atom. The Bertz CT molecular complexity index is 350. The van der Waals surface area contributed by atoms with Crippen LogP contribution in [0.2, 0.25) is 0 Å². The number of rotatable bonds is 4. The second-order valence-corrected chi connectivity index (χ2v) is 3.78. The van der Waals surface area contributed by atoms with Crippen molar-refractivity contribution >= 4 is 17.7 Å². The van der Waals surface area contributed by atoms with Gasteiger partial charge in [0.25, 0.3) is 0 Å². The Morgan fingerprint density at radius 3 is 2.80 bits per heavy atom. The molecule has 82 valence electrons. The minimum absolute atomic E-state index is 0.150. The number of thioether (sulfide) groups is 1. The number of hydrogen-bond acceptors (Lipinski definition) is 4. The van der Waals surface area contributed by atoms with Gasteiger partial charge >= 0.3 is 5.97 Å². The van der Waals surface area contributed by atoms with E-state index >= 15 is 0 Å². The molecule has 0 fully saturated rings. The van der Waals surface area contributed by atoms with Crippen LogP contribution in [0, 0.1) is 0 Å². The van der Waals surface area contributed by atoms with Gasteiger partial charge < -0.3 is 9.84 Å². The number of aliphatic hydroxyl groups is 1. The Morgan fingerprint density at radius 1 is 1.53 bits per heavy atom. The van der Waals surface area contributed by atoms with Gasteiger partial charge in [0.1, 0.15) is 0 Å². The van der Waals surface area contributed by atoms with E-state index < -0.39 is 0 Å². The number of ether oxygens (including phenoxy) is 1. The summed E-state index contributed by atoms with van der Waals surface area (Å²) in [4.78, 5) is 12.5. The summed E-state index contributed by atoms with van der Waals surface area (Å²) in [6.07, 6.45) is 1.93. The van der Waals surface area contributed by atoms with E-state index in [0.717, 1.165) is 4.90 Å². The second kappa shape index (κ2) is 5.78. The lowest BCUT2D eigenvalue weighted by Crippen LogP contribution is -2.08. The van der Waals surface area contributed by atoms with Gasteiger partial charge in [0.15, 0.2) is 0 Å². The molecule has 0 aliphatic heterocycles. The molecular formula is C11H14O3S. The first kappa shape index (κ1) is 12.1. The van der Waals surface area contributed by atoms with Gasteiger partial charge in [-0.05, 0) is 30.9 Å². The van der Waals surface area contributed by atoms with Gasteiger partial charge in [-0.15, -0.1) is 11.8 Å². The number of carbonyl (C=O) groups excluding carboxylic acids is 1. The maximum Gasteiger partial charge on any atom is 0.338 e. The molecule has 3 nitrogen and oxygen atoms in total. The SMILES string of the molecule is CCOC(=O)c1cc(SC)ccc1CO. The fourth-order valence-corrected chi connectivity index (χ4v) is 1.66. The van der Waals surface area contributed by atoms with E-state index in [1.807, 2.05) is 12.3 Å². The van der Waals surface area contributed by atoms with Crippen LogP contribution in [0.1, 0.15) is 22.8 Å². The zero-order valence-electron chi connectivity index (χ0n) is 8.82. The number of esters is 1. The fraction of sp³-hybridized carbons (Fsp3) is 0.364. The van der Waals surface area contributed by atoms with Gasteiger partial charge in [-0.25, -0.2) is 4.79 Å². The molecule has 1 rings (SSSR count). The van der Waals surface area contributed by atoms with Crippen LogP contribution in [-0.2, 0) is 11.3 Å². The molecule has 1 aromatic carbocycles.